The summed E-state index contributed by atoms with van der Waals surface area (Å²) in [6, 6.07) is 3.48. The Morgan fingerprint density at radius 1 is 1.38 bits per heavy atom. The van der Waals surface area contributed by atoms with Gasteiger partial charge in [0.15, 0.2) is 0 Å². The van der Waals surface area contributed by atoms with Crippen LogP contribution in [0.25, 0.3) is 0 Å². The van der Waals surface area contributed by atoms with Crippen molar-refractivity contribution in [2.75, 3.05) is 12.3 Å². The molecule has 1 rings (SSSR count). The largest absolute Gasteiger partial charge is 0.480 e. The molecule has 1 atom stereocenters. The minimum Gasteiger partial charge on any atom is -0.480 e. The highest BCUT2D eigenvalue weighted by atomic mass is 32.2. The molecule has 0 amide bonds. The summed E-state index contributed by atoms with van der Waals surface area (Å²) in [6.07, 6.45) is 1.60. The van der Waals surface area contributed by atoms with Crippen molar-refractivity contribution in [3.05, 3.63) is 29.8 Å². The van der Waals surface area contributed by atoms with Crippen LogP contribution in [0.15, 0.2) is 23.1 Å². The zero-order chi connectivity index (χ0) is 15.9. The van der Waals surface area contributed by atoms with Gasteiger partial charge >= 0.3 is 5.97 Å². The summed E-state index contributed by atoms with van der Waals surface area (Å²) in [5.41, 5.74) is -0.920. The summed E-state index contributed by atoms with van der Waals surface area (Å²) < 4.78 is 26.2. The number of hydrogen-bond acceptors (Lipinski definition) is 3. The maximum absolute atomic E-state index is 13.5. The number of thioether (sulfide) groups is 1. The van der Waals surface area contributed by atoms with E-state index in [1.807, 2.05) is 13.8 Å². The van der Waals surface area contributed by atoms with E-state index in [9.17, 15) is 18.7 Å². The first-order valence-electron chi connectivity index (χ1n) is 7.01. The van der Waals surface area contributed by atoms with E-state index < -0.39 is 23.1 Å². The number of hydrogen-bond donors (Lipinski definition) is 2. The fourth-order valence-electron chi connectivity index (χ4n) is 2.21. The first kappa shape index (κ1) is 17.9. The smallest absolute Gasteiger partial charge is 0.323 e. The number of likely N-dealkylation sites (N-methyl/N-ethyl adjacent to an activating group) is 1. The Morgan fingerprint density at radius 2 is 2.10 bits per heavy atom. The molecule has 2 N–H and O–H groups in total. The van der Waals surface area contributed by atoms with Crippen molar-refractivity contribution in [3.63, 3.8) is 0 Å². The van der Waals surface area contributed by atoms with E-state index in [1.165, 1.54) is 23.9 Å². The van der Waals surface area contributed by atoms with E-state index in [-0.39, 0.29) is 0 Å². The highest BCUT2D eigenvalue weighted by Gasteiger charge is 2.34. The Bertz CT molecular complexity index is 485. The second kappa shape index (κ2) is 8.34. The van der Waals surface area contributed by atoms with Crippen molar-refractivity contribution in [1.29, 1.82) is 0 Å². The average molecular weight is 317 g/mol. The molecule has 0 heterocycles. The van der Waals surface area contributed by atoms with Crippen LogP contribution in [0.3, 0.4) is 0 Å². The molecule has 0 saturated heterocycles. The number of carbonyl (C=O) groups is 1. The van der Waals surface area contributed by atoms with Gasteiger partial charge in [-0.1, -0.05) is 13.8 Å². The molecule has 0 aromatic heterocycles. The fourth-order valence-corrected chi connectivity index (χ4v) is 3.08. The lowest BCUT2D eigenvalue weighted by Gasteiger charge is -2.29. The van der Waals surface area contributed by atoms with Crippen LogP contribution in [0.2, 0.25) is 0 Å². The molecule has 0 fully saturated rings. The Hall–Kier alpha value is -1.14. The van der Waals surface area contributed by atoms with Crippen LogP contribution in [0.4, 0.5) is 8.78 Å². The lowest BCUT2D eigenvalue weighted by atomic mass is 9.91. The highest BCUT2D eigenvalue weighted by molar-refractivity contribution is 7.99. The number of nitrogens with one attached hydrogen (secondary N) is 1. The van der Waals surface area contributed by atoms with E-state index in [0.717, 1.165) is 6.07 Å². The van der Waals surface area contributed by atoms with E-state index in [4.69, 9.17) is 0 Å². The molecule has 0 radical (unpaired) electrons. The fraction of sp³-hybridized carbons (Fsp3) is 0.533. The zero-order valence-corrected chi connectivity index (χ0v) is 13.1. The Balaban J connectivity index is 2.53. The number of carboxylic acid groups (broad SMARTS) is 1. The molecule has 0 saturated carbocycles. The zero-order valence-electron chi connectivity index (χ0n) is 12.3. The second-order valence-corrected chi connectivity index (χ2v) is 5.93. The first-order chi connectivity index (χ1) is 9.95. The van der Waals surface area contributed by atoms with Crippen LogP contribution in [0.1, 0.15) is 33.1 Å². The lowest BCUT2D eigenvalue weighted by Crippen LogP contribution is -2.51. The van der Waals surface area contributed by atoms with Crippen LogP contribution in [0, 0.1) is 11.6 Å². The van der Waals surface area contributed by atoms with Crippen molar-refractivity contribution in [1.82, 2.24) is 5.32 Å². The van der Waals surface area contributed by atoms with Gasteiger partial charge in [-0.2, -0.15) is 0 Å². The van der Waals surface area contributed by atoms with Gasteiger partial charge in [-0.3, -0.25) is 4.79 Å². The summed E-state index contributed by atoms with van der Waals surface area (Å²) in [5, 5.41) is 12.4. The van der Waals surface area contributed by atoms with Crippen molar-refractivity contribution < 1.29 is 18.7 Å². The first-order valence-corrected chi connectivity index (χ1v) is 8.00. The van der Waals surface area contributed by atoms with Gasteiger partial charge in [0.2, 0.25) is 0 Å². The van der Waals surface area contributed by atoms with Gasteiger partial charge in [0.25, 0.3) is 0 Å². The number of rotatable bonds is 9. The topological polar surface area (TPSA) is 49.3 Å². The van der Waals surface area contributed by atoms with Crippen LogP contribution in [-0.2, 0) is 4.79 Å². The van der Waals surface area contributed by atoms with Gasteiger partial charge < -0.3 is 10.4 Å². The van der Waals surface area contributed by atoms with Gasteiger partial charge in [0.05, 0.1) is 0 Å². The molecular formula is C15H21F2NO2S. The van der Waals surface area contributed by atoms with Crippen molar-refractivity contribution >= 4 is 17.7 Å². The lowest BCUT2D eigenvalue weighted by molar-refractivity contribution is -0.145. The molecule has 118 valence electrons. The van der Waals surface area contributed by atoms with Crippen molar-refractivity contribution in [3.8, 4) is 0 Å². The minimum atomic E-state index is -0.920. The number of carboxylic acids is 1. The highest BCUT2D eigenvalue weighted by Crippen LogP contribution is 2.25. The van der Waals surface area contributed by atoms with Gasteiger partial charge in [-0.25, -0.2) is 8.78 Å². The Morgan fingerprint density at radius 3 is 2.62 bits per heavy atom. The van der Waals surface area contributed by atoms with Crippen LogP contribution in [-0.4, -0.2) is 28.9 Å². The predicted molar refractivity (Wildman–Crippen MR) is 80.7 cm³/mol. The monoisotopic (exact) mass is 317 g/mol. The third kappa shape index (κ3) is 4.97. The predicted octanol–water partition coefficient (Wildman–Crippen LogP) is 3.68. The summed E-state index contributed by atoms with van der Waals surface area (Å²) in [4.78, 5) is 11.8. The molecule has 0 bridgehead atoms. The normalized spacial score (nSPS) is 13.9. The summed E-state index contributed by atoms with van der Waals surface area (Å²) in [7, 11) is 0. The van der Waals surface area contributed by atoms with Crippen LogP contribution in [0.5, 0.6) is 0 Å². The SMILES string of the molecule is CCNC(CC)(CCCSc1ccc(F)cc1F)C(=O)O. The van der Waals surface area contributed by atoms with Crippen molar-refractivity contribution in [2.24, 2.45) is 0 Å². The van der Waals surface area contributed by atoms with Crippen LogP contribution < -0.4 is 5.32 Å². The van der Waals surface area contributed by atoms with Gasteiger partial charge in [0.1, 0.15) is 17.2 Å². The van der Waals surface area contributed by atoms with Gasteiger partial charge in [-0.05, 0) is 43.7 Å². The van der Waals surface area contributed by atoms with E-state index in [2.05, 4.69) is 5.32 Å². The Kier molecular flexibility index (Phi) is 7.11. The molecule has 3 nitrogen and oxygen atoms in total. The molecular weight excluding hydrogens is 296 g/mol. The number of halogens is 2. The number of benzene rings is 1. The maximum Gasteiger partial charge on any atom is 0.323 e. The van der Waals surface area contributed by atoms with E-state index >= 15 is 0 Å². The standard InChI is InChI=1S/C15H21F2NO2S/c1-3-15(14(19)20,18-4-2)8-5-9-21-13-7-6-11(16)10-12(13)17/h6-7,10,18H,3-5,8-9H2,1-2H3,(H,19,20). The third-order valence-electron chi connectivity index (χ3n) is 3.43. The Labute approximate surface area is 128 Å². The van der Waals surface area contributed by atoms with Gasteiger partial charge in [0, 0.05) is 11.0 Å². The average Bonchev–Trinajstić information content (AvgIpc) is 2.43. The molecule has 1 unspecified atom stereocenters. The van der Waals surface area contributed by atoms with Crippen LogP contribution >= 0.6 is 11.8 Å². The summed E-state index contributed by atoms with van der Waals surface area (Å²) in [5.74, 6) is -1.44. The molecule has 0 spiro atoms. The van der Waals surface area contributed by atoms with Gasteiger partial charge in [-0.15, -0.1) is 11.8 Å². The molecule has 1 aromatic carbocycles. The molecule has 1 aromatic rings. The summed E-state index contributed by atoms with van der Waals surface area (Å²) in [6.45, 7) is 4.29. The molecule has 6 heteroatoms. The molecule has 0 aliphatic carbocycles. The molecule has 0 aliphatic heterocycles. The second-order valence-electron chi connectivity index (χ2n) is 4.80. The molecule has 0 aliphatic rings. The quantitative estimate of drug-likeness (QED) is 0.539. The summed E-state index contributed by atoms with van der Waals surface area (Å²) >= 11 is 1.27. The van der Waals surface area contributed by atoms with E-state index in [1.54, 1.807) is 0 Å². The van der Waals surface area contributed by atoms with E-state index in [0.29, 0.717) is 36.5 Å². The maximum atomic E-state index is 13.5. The number of aliphatic carboxylic acids is 1. The minimum absolute atomic E-state index is 0.386. The molecule has 21 heavy (non-hydrogen) atoms. The van der Waals surface area contributed by atoms with Crippen molar-refractivity contribution in [2.45, 2.75) is 43.5 Å². The third-order valence-corrected chi connectivity index (χ3v) is 4.56.